The minimum atomic E-state index is -0.888. The first-order valence-electron chi connectivity index (χ1n) is 7.79. The number of nitrogens with one attached hydrogen (secondary N) is 1. The van der Waals surface area contributed by atoms with Crippen LogP contribution in [0.15, 0.2) is 52.5 Å². The topological polar surface area (TPSA) is 97.7 Å². The van der Waals surface area contributed by atoms with Gasteiger partial charge in [0.2, 0.25) is 6.79 Å². The zero-order valence-electron chi connectivity index (χ0n) is 13.9. The molecule has 7 nitrogen and oxygen atoms in total. The standard InChI is InChI=1S/C19H13BrN2O5/c20-14-2-4-15(5-3-14)22-18(23)10-25-19(24)13(9-21)7-12-1-6-16-17(8-12)27-11-26-16/h1-8H,10-11H2,(H,22,23)/b13-7-. The van der Waals surface area contributed by atoms with E-state index in [0.717, 1.165) is 4.47 Å². The second kappa shape index (κ2) is 8.38. The lowest BCUT2D eigenvalue weighted by atomic mass is 10.1. The fourth-order valence-electron chi connectivity index (χ4n) is 2.25. The SMILES string of the molecule is N#C/C(=C/c1ccc2c(c1)OCO2)C(=O)OCC(=O)Nc1ccc(Br)cc1. The van der Waals surface area contributed by atoms with Gasteiger partial charge in [0.15, 0.2) is 18.1 Å². The zero-order chi connectivity index (χ0) is 19.2. The van der Waals surface area contributed by atoms with Crippen molar-refractivity contribution in [1.82, 2.24) is 0 Å². The lowest BCUT2D eigenvalue weighted by molar-refractivity contribution is -0.142. The van der Waals surface area contributed by atoms with Crippen LogP contribution in [-0.2, 0) is 14.3 Å². The van der Waals surface area contributed by atoms with Gasteiger partial charge in [0.25, 0.3) is 5.91 Å². The Morgan fingerprint density at radius 3 is 2.67 bits per heavy atom. The van der Waals surface area contributed by atoms with E-state index in [-0.39, 0.29) is 12.4 Å². The van der Waals surface area contributed by atoms with Gasteiger partial charge in [-0.3, -0.25) is 4.79 Å². The average Bonchev–Trinajstić information content (AvgIpc) is 3.14. The average molecular weight is 429 g/mol. The summed E-state index contributed by atoms with van der Waals surface area (Å²) in [4.78, 5) is 23.9. The summed E-state index contributed by atoms with van der Waals surface area (Å²) < 4.78 is 16.2. The fraction of sp³-hybridized carbons (Fsp3) is 0.105. The Morgan fingerprint density at radius 2 is 1.93 bits per heavy atom. The van der Waals surface area contributed by atoms with Crippen molar-refractivity contribution >= 4 is 39.6 Å². The van der Waals surface area contributed by atoms with Crippen molar-refractivity contribution in [2.75, 3.05) is 18.7 Å². The van der Waals surface area contributed by atoms with Crippen LogP contribution in [0.1, 0.15) is 5.56 Å². The van der Waals surface area contributed by atoms with Crippen LogP contribution in [-0.4, -0.2) is 25.3 Å². The Labute approximate surface area is 163 Å². The number of hydrogen-bond donors (Lipinski definition) is 1. The molecule has 0 radical (unpaired) electrons. The molecule has 27 heavy (non-hydrogen) atoms. The lowest BCUT2D eigenvalue weighted by Crippen LogP contribution is -2.21. The summed E-state index contributed by atoms with van der Waals surface area (Å²) in [6, 6.07) is 13.7. The van der Waals surface area contributed by atoms with E-state index in [0.29, 0.717) is 22.7 Å². The normalized spacial score (nSPS) is 12.2. The highest BCUT2D eigenvalue weighted by molar-refractivity contribution is 9.10. The molecule has 0 spiro atoms. The molecule has 136 valence electrons. The number of amides is 1. The van der Waals surface area contributed by atoms with Crippen molar-refractivity contribution < 1.29 is 23.8 Å². The fourth-order valence-corrected chi connectivity index (χ4v) is 2.51. The van der Waals surface area contributed by atoms with Crippen molar-refractivity contribution in [2.45, 2.75) is 0 Å². The molecular weight excluding hydrogens is 416 g/mol. The molecule has 0 saturated heterocycles. The first-order valence-corrected chi connectivity index (χ1v) is 8.58. The van der Waals surface area contributed by atoms with Crippen LogP contribution in [0, 0.1) is 11.3 Å². The number of hydrogen-bond acceptors (Lipinski definition) is 6. The van der Waals surface area contributed by atoms with E-state index in [1.165, 1.54) is 6.08 Å². The molecule has 0 aromatic heterocycles. The molecule has 3 rings (SSSR count). The van der Waals surface area contributed by atoms with E-state index in [9.17, 15) is 14.9 Å². The van der Waals surface area contributed by atoms with Crippen LogP contribution in [0.3, 0.4) is 0 Å². The van der Waals surface area contributed by atoms with Crippen molar-refractivity contribution in [3.63, 3.8) is 0 Å². The highest BCUT2D eigenvalue weighted by atomic mass is 79.9. The molecule has 1 N–H and O–H groups in total. The third-order valence-corrected chi connectivity index (χ3v) is 4.04. The Hall–Kier alpha value is -3.31. The van der Waals surface area contributed by atoms with Crippen molar-refractivity contribution in [2.24, 2.45) is 0 Å². The van der Waals surface area contributed by atoms with Gasteiger partial charge in [-0.25, -0.2) is 4.79 Å². The molecule has 0 atom stereocenters. The summed E-state index contributed by atoms with van der Waals surface area (Å²) in [5.74, 6) is -0.270. The van der Waals surface area contributed by atoms with Gasteiger partial charge in [-0.15, -0.1) is 0 Å². The molecule has 0 fully saturated rings. The molecule has 0 bridgehead atoms. The molecule has 1 heterocycles. The maximum absolute atomic E-state index is 12.1. The van der Waals surface area contributed by atoms with Crippen LogP contribution in [0.2, 0.25) is 0 Å². The van der Waals surface area contributed by atoms with Gasteiger partial charge in [0.05, 0.1) is 0 Å². The summed E-state index contributed by atoms with van der Waals surface area (Å²) in [7, 11) is 0. The van der Waals surface area contributed by atoms with Gasteiger partial charge in [-0.2, -0.15) is 5.26 Å². The van der Waals surface area contributed by atoms with E-state index < -0.39 is 18.5 Å². The van der Waals surface area contributed by atoms with Crippen LogP contribution in [0.5, 0.6) is 11.5 Å². The van der Waals surface area contributed by atoms with Gasteiger partial charge < -0.3 is 19.5 Å². The molecule has 1 amide bonds. The molecule has 0 aliphatic carbocycles. The van der Waals surface area contributed by atoms with Gasteiger partial charge in [-0.05, 0) is 48.0 Å². The summed E-state index contributed by atoms with van der Waals surface area (Å²) in [5.41, 5.74) is 0.910. The number of esters is 1. The monoisotopic (exact) mass is 428 g/mol. The van der Waals surface area contributed by atoms with Crippen LogP contribution < -0.4 is 14.8 Å². The Morgan fingerprint density at radius 1 is 1.19 bits per heavy atom. The molecule has 1 aliphatic rings. The highest BCUT2D eigenvalue weighted by Crippen LogP contribution is 2.33. The van der Waals surface area contributed by atoms with E-state index in [2.05, 4.69) is 21.2 Å². The predicted molar refractivity (Wildman–Crippen MR) is 99.9 cm³/mol. The number of benzene rings is 2. The van der Waals surface area contributed by atoms with E-state index in [1.54, 1.807) is 48.5 Å². The second-order valence-electron chi connectivity index (χ2n) is 5.41. The maximum Gasteiger partial charge on any atom is 0.349 e. The lowest BCUT2D eigenvalue weighted by Gasteiger charge is -2.06. The third-order valence-electron chi connectivity index (χ3n) is 3.51. The Kier molecular flexibility index (Phi) is 5.74. The Bertz CT molecular complexity index is 948. The zero-order valence-corrected chi connectivity index (χ0v) is 15.5. The van der Waals surface area contributed by atoms with E-state index in [1.807, 2.05) is 0 Å². The molecule has 2 aromatic rings. The third kappa shape index (κ3) is 4.86. The van der Waals surface area contributed by atoms with E-state index in [4.69, 9.17) is 14.2 Å². The van der Waals surface area contributed by atoms with Crippen LogP contribution in [0.25, 0.3) is 6.08 Å². The Balaban J connectivity index is 1.59. The number of nitrogens with zero attached hydrogens (tertiary/aromatic N) is 1. The number of anilines is 1. The van der Waals surface area contributed by atoms with Crippen LogP contribution >= 0.6 is 15.9 Å². The number of nitriles is 1. The molecular formula is C19H13BrN2O5. The number of carbonyl (C=O) groups excluding carboxylic acids is 2. The van der Waals surface area contributed by atoms with Gasteiger partial charge in [0, 0.05) is 10.2 Å². The molecule has 8 heteroatoms. The summed E-state index contributed by atoms with van der Waals surface area (Å²) in [5, 5.41) is 11.8. The van der Waals surface area contributed by atoms with E-state index >= 15 is 0 Å². The quantitative estimate of drug-likeness (QED) is 0.445. The van der Waals surface area contributed by atoms with Gasteiger partial charge in [0.1, 0.15) is 11.6 Å². The van der Waals surface area contributed by atoms with Crippen molar-refractivity contribution in [1.29, 1.82) is 5.26 Å². The number of fused-ring (bicyclic) bond motifs is 1. The first-order chi connectivity index (χ1) is 13.0. The second-order valence-corrected chi connectivity index (χ2v) is 6.33. The maximum atomic E-state index is 12.1. The van der Waals surface area contributed by atoms with Crippen molar-refractivity contribution in [3.05, 3.63) is 58.1 Å². The first kappa shape index (κ1) is 18.5. The summed E-state index contributed by atoms with van der Waals surface area (Å²) in [6.45, 7) is -0.377. The molecule has 0 unspecified atom stereocenters. The van der Waals surface area contributed by atoms with Gasteiger partial charge in [-0.1, -0.05) is 22.0 Å². The highest BCUT2D eigenvalue weighted by Gasteiger charge is 2.16. The minimum Gasteiger partial charge on any atom is -0.454 e. The summed E-state index contributed by atoms with van der Waals surface area (Å²) >= 11 is 3.30. The van der Waals surface area contributed by atoms with Gasteiger partial charge >= 0.3 is 5.97 Å². The molecule has 1 aliphatic heterocycles. The predicted octanol–water partition coefficient (Wildman–Crippen LogP) is 3.27. The number of ether oxygens (including phenoxy) is 3. The smallest absolute Gasteiger partial charge is 0.349 e. The number of rotatable bonds is 5. The molecule has 0 saturated carbocycles. The van der Waals surface area contributed by atoms with Crippen LogP contribution in [0.4, 0.5) is 5.69 Å². The molecule has 2 aromatic carbocycles. The number of halogens is 1. The number of carbonyl (C=O) groups is 2. The summed E-state index contributed by atoms with van der Waals surface area (Å²) in [6.07, 6.45) is 1.36. The van der Waals surface area contributed by atoms with Crippen molar-refractivity contribution in [3.8, 4) is 17.6 Å². The largest absolute Gasteiger partial charge is 0.454 e. The minimum absolute atomic E-state index is 0.128.